The zero-order valence-electron chi connectivity index (χ0n) is 13.3. The predicted octanol–water partition coefficient (Wildman–Crippen LogP) is 0.516. The third-order valence-electron chi connectivity index (χ3n) is 4.61. The van der Waals surface area contributed by atoms with Crippen molar-refractivity contribution in [1.29, 1.82) is 0 Å². The molecule has 2 aliphatic rings. The van der Waals surface area contributed by atoms with Gasteiger partial charge in [0.25, 0.3) is 5.91 Å². The highest BCUT2D eigenvalue weighted by atomic mass is 16.5. The lowest BCUT2D eigenvalue weighted by atomic mass is 10.1. The van der Waals surface area contributed by atoms with E-state index in [1.165, 1.54) is 0 Å². The fourth-order valence-corrected chi connectivity index (χ4v) is 3.36. The van der Waals surface area contributed by atoms with Crippen LogP contribution in [0.3, 0.4) is 0 Å². The molecule has 2 aliphatic heterocycles. The Labute approximate surface area is 139 Å². The van der Waals surface area contributed by atoms with Crippen molar-refractivity contribution in [3.05, 3.63) is 48.0 Å². The average molecular weight is 326 g/mol. The first-order valence-corrected chi connectivity index (χ1v) is 7.93. The van der Waals surface area contributed by atoms with Crippen molar-refractivity contribution < 1.29 is 14.3 Å². The minimum atomic E-state index is -0.526. The van der Waals surface area contributed by atoms with Gasteiger partial charge in [-0.2, -0.15) is 0 Å². The van der Waals surface area contributed by atoms with Crippen molar-refractivity contribution in [3.63, 3.8) is 0 Å². The standard InChI is InChI=1S/C17H18N4O3/c1-18-16(22)13-9-20(8-12-7-19-10-21(12)13)17(23)15-6-11-4-2-3-5-14(11)24-15/h2-5,7,10,13,15H,6,8-9H2,1H3,(H,18,22)/t13-,15+/m0/s1. The SMILES string of the molecule is CNC(=O)[C@@H]1CN(C(=O)[C@H]2Cc3ccccc3O2)Cc2cncn21. The Bertz CT molecular complexity index is 776. The van der Waals surface area contributed by atoms with E-state index in [0.717, 1.165) is 17.0 Å². The van der Waals surface area contributed by atoms with Gasteiger partial charge in [0.2, 0.25) is 5.91 Å². The van der Waals surface area contributed by atoms with Gasteiger partial charge in [-0.3, -0.25) is 9.59 Å². The van der Waals surface area contributed by atoms with Crippen molar-refractivity contribution in [2.24, 2.45) is 0 Å². The molecule has 24 heavy (non-hydrogen) atoms. The van der Waals surface area contributed by atoms with Crippen LogP contribution in [0.25, 0.3) is 0 Å². The second-order valence-electron chi connectivity index (χ2n) is 6.06. The molecule has 0 saturated carbocycles. The molecule has 124 valence electrons. The molecule has 4 rings (SSSR count). The maximum atomic E-state index is 12.9. The van der Waals surface area contributed by atoms with Gasteiger partial charge in [-0.15, -0.1) is 0 Å². The van der Waals surface area contributed by atoms with Crippen LogP contribution in [-0.2, 0) is 22.6 Å². The molecule has 2 amide bonds. The Kier molecular flexibility index (Phi) is 3.48. The van der Waals surface area contributed by atoms with Crippen LogP contribution in [0.1, 0.15) is 17.3 Å². The van der Waals surface area contributed by atoms with Gasteiger partial charge in [0.1, 0.15) is 11.8 Å². The third kappa shape index (κ3) is 2.33. The van der Waals surface area contributed by atoms with Crippen molar-refractivity contribution in [2.45, 2.75) is 25.1 Å². The predicted molar refractivity (Wildman–Crippen MR) is 85.3 cm³/mol. The molecule has 0 spiro atoms. The van der Waals surface area contributed by atoms with E-state index in [1.807, 2.05) is 28.8 Å². The molecule has 2 aromatic rings. The zero-order valence-corrected chi connectivity index (χ0v) is 13.3. The van der Waals surface area contributed by atoms with Gasteiger partial charge >= 0.3 is 0 Å². The number of rotatable bonds is 2. The van der Waals surface area contributed by atoms with Gasteiger partial charge in [0, 0.05) is 19.7 Å². The summed E-state index contributed by atoms with van der Waals surface area (Å²) >= 11 is 0. The Hall–Kier alpha value is -2.83. The smallest absolute Gasteiger partial charge is 0.264 e. The highest BCUT2D eigenvalue weighted by Crippen LogP contribution is 2.30. The molecule has 0 radical (unpaired) electrons. The average Bonchev–Trinajstić information content (AvgIpc) is 3.25. The summed E-state index contributed by atoms with van der Waals surface area (Å²) in [5, 5.41) is 2.65. The molecule has 2 atom stereocenters. The van der Waals surface area contributed by atoms with E-state index in [-0.39, 0.29) is 11.8 Å². The van der Waals surface area contributed by atoms with Crippen molar-refractivity contribution in [1.82, 2.24) is 19.8 Å². The molecule has 0 bridgehead atoms. The van der Waals surface area contributed by atoms with E-state index in [1.54, 1.807) is 24.5 Å². The molecule has 0 saturated heterocycles. The van der Waals surface area contributed by atoms with Crippen molar-refractivity contribution in [3.8, 4) is 5.75 Å². The summed E-state index contributed by atoms with van der Waals surface area (Å²) < 4.78 is 7.63. The van der Waals surface area contributed by atoms with E-state index in [4.69, 9.17) is 4.74 Å². The molecule has 1 aromatic heterocycles. The quantitative estimate of drug-likeness (QED) is 0.873. The van der Waals surface area contributed by atoms with Crippen molar-refractivity contribution >= 4 is 11.8 Å². The summed E-state index contributed by atoms with van der Waals surface area (Å²) in [5.74, 6) is 0.538. The topological polar surface area (TPSA) is 76.5 Å². The Balaban J connectivity index is 1.55. The number of hydrogen-bond donors (Lipinski definition) is 1. The van der Waals surface area contributed by atoms with Crippen LogP contribution < -0.4 is 10.1 Å². The van der Waals surface area contributed by atoms with Crippen LogP contribution in [0.2, 0.25) is 0 Å². The number of nitrogens with one attached hydrogen (secondary N) is 1. The number of aromatic nitrogens is 2. The summed E-state index contributed by atoms with van der Waals surface area (Å²) in [6.45, 7) is 0.751. The maximum Gasteiger partial charge on any atom is 0.264 e. The first-order chi connectivity index (χ1) is 11.7. The summed E-state index contributed by atoms with van der Waals surface area (Å²) in [5.41, 5.74) is 1.89. The Morgan fingerprint density at radius 3 is 2.96 bits per heavy atom. The number of ether oxygens (including phenoxy) is 1. The Morgan fingerprint density at radius 1 is 1.33 bits per heavy atom. The minimum Gasteiger partial charge on any atom is -0.480 e. The molecule has 7 nitrogen and oxygen atoms in total. The molecule has 7 heteroatoms. The monoisotopic (exact) mass is 326 g/mol. The van der Waals surface area contributed by atoms with Crippen molar-refractivity contribution in [2.75, 3.05) is 13.6 Å². The minimum absolute atomic E-state index is 0.0902. The fraction of sp³-hybridized carbons (Fsp3) is 0.353. The molecule has 0 aliphatic carbocycles. The first kappa shape index (κ1) is 14.7. The van der Waals surface area contributed by atoms with E-state index < -0.39 is 12.1 Å². The molecule has 1 N–H and O–H groups in total. The zero-order chi connectivity index (χ0) is 16.7. The number of imidazole rings is 1. The number of amides is 2. The van der Waals surface area contributed by atoms with Crippen LogP contribution in [0.4, 0.5) is 0 Å². The summed E-state index contributed by atoms with van der Waals surface area (Å²) in [6.07, 6.45) is 3.37. The molecular formula is C17H18N4O3. The summed E-state index contributed by atoms with van der Waals surface area (Å²) in [7, 11) is 1.59. The van der Waals surface area contributed by atoms with E-state index in [0.29, 0.717) is 19.5 Å². The number of benzene rings is 1. The number of likely N-dealkylation sites (N-methyl/N-ethyl adjacent to an activating group) is 1. The van der Waals surface area contributed by atoms with Gasteiger partial charge in [-0.05, 0) is 11.6 Å². The number of carbonyl (C=O) groups excluding carboxylic acids is 2. The number of hydrogen-bond acceptors (Lipinski definition) is 4. The van der Waals surface area contributed by atoms with Gasteiger partial charge in [0.15, 0.2) is 6.10 Å². The van der Waals surface area contributed by atoms with E-state index in [9.17, 15) is 9.59 Å². The van der Waals surface area contributed by atoms with E-state index in [2.05, 4.69) is 10.3 Å². The normalized spacial score (nSPS) is 21.6. The highest BCUT2D eigenvalue weighted by Gasteiger charge is 2.37. The third-order valence-corrected chi connectivity index (χ3v) is 4.61. The summed E-state index contributed by atoms with van der Waals surface area (Å²) in [6, 6.07) is 7.22. The number of nitrogens with zero attached hydrogens (tertiary/aromatic N) is 3. The van der Waals surface area contributed by atoms with Crippen LogP contribution >= 0.6 is 0 Å². The fourth-order valence-electron chi connectivity index (χ4n) is 3.36. The van der Waals surface area contributed by atoms with Gasteiger partial charge in [0.05, 0.1) is 25.1 Å². The number of fused-ring (bicyclic) bond motifs is 2. The van der Waals surface area contributed by atoms with Crippen LogP contribution in [0.5, 0.6) is 5.75 Å². The van der Waals surface area contributed by atoms with Gasteiger partial charge < -0.3 is 19.5 Å². The lowest BCUT2D eigenvalue weighted by Gasteiger charge is -2.34. The second-order valence-corrected chi connectivity index (χ2v) is 6.06. The summed E-state index contributed by atoms with van der Waals surface area (Å²) in [4.78, 5) is 30.9. The lowest BCUT2D eigenvalue weighted by molar-refractivity contribution is -0.141. The largest absolute Gasteiger partial charge is 0.480 e. The van der Waals surface area contributed by atoms with Crippen LogP contribution in [0, 0.1) is 0 Å². The van der Waals surface area contributed by atoms with Gasteiger partial charge in [-0.25, -0.2) is 4.98 Å². The first-order valence-electron chi connectivity index (χ1n) is 7.93. The lowest BCUT2D eigenvalue weighted by Crippen LogP contribution is -2.49. The highest BCUT2D eigenvalue weighted by molar-refractivity contribution is 5.85. The Morgan fingerprint density at radius 2 is 2.17 bits per heavy atom. The number of carbonyl (C=O) groups is 2. The molecule has 0 unspecified atom stereocenters. The maximum absolute atomic E-state index is 12.9. The molecular weight excluding hydrogens is 308 g/mol. The molecule has 3 heterocycles. The second kappa shape index (κ2) is 5.67. The van der Waals surface area contributed by atoms with Gasteiger partial charge in [-0.1, -0.05) is 18.2 Å². The van der Waals surface area contributed by atoms with E-state index >= 15 is 0 Å². The van der Waals surface area contributed by atoms with Crippen LogP contribution in [-0.4, -0.2) is 46.0 Å². The number of para-hydroxylation sites is 1. The molecule has 1 aromatic carbocycles. The molecule has 0 fully saturated rings. The van der Waals surface area contributed by atoms with Crippen LogP contribution in [0.15, 0.2) is 36.8 Å².